The van der Waals surface area contributed by atoms with Crippen LogP contribution in [0.3, 0.4) is 0 Å². The van der Waals surface area contributed by atoms with E-state index in [1.54, 1.807) is 0 Å². The van der Waals surface area contributed by atoms with Gasteiger partial charge in [0, 0.05) is 44.4 Å². The first-order chi connectivity index (χ1) is 15.9. The average Bonchev–Trinajstić information content (AvgIpc) is 3.23. The molecule has 1 aliphatic rings. The first kappa shape index (κ1) is 22.7. The number of amides is 2. The maximum Gasteiger partial charge on any atom is 0.257 e. The molecule has 10 heteroatoms. The molecular formula is C23H21F2N3O4S. The Labute approximate surface area is 192 Å². The summed E-state index contributed by atoms with van der Waals surface area (Å²) in [6.07, 6.45) is 0.163. The summed E-state index contributed by atoms with van der Waals surface area (Å²) in [6.45, 7) is 0.634. The lowest BCUT2D eigenvalue weighted by Gasteiger charge is -2.20. The predicted octanol–water partition coefficient (Wildman–Crippen LogP) is 2.83. The standard InChI is InChI=1S/C23H21F2N3O4S/c1-32-18-11-19(29)28-9-8-27(23(31)15-3-2-4-16(24)21(15)25)7-5-17(28)20(18)22(30)26-12-14-6-10-33-13-14/h2-4,6,10-11,13H,5,7-9,12H2,1H3,(H,26,30). The van der Waals surface area contributed by atoms with Gasteiger partial charge in [0.15, 0.2) is 11.6 Å². The van der Waals surface area contributed by atoms with Crippen LogP contribution in [-0.4, -0.2) is 41.5 Å². The van der Waals surface area contributed by atoms with Crippen molar-refractivity contribution in [1.29, 1.82) is 0 Å². The number of fused-ring (bicyclic) bond motifs is 1. The van der Waals surface area contributed by atoms with E-state index in [4.69, 9.17) is 4.74 Å². The lowest BCUT2D eigenvalue weighted by Crippen LogP contribution is -2.35. The van der Waals surface area contributed by atoms with Crippen molar-refractivity contribution >= 4 is 23.2 Å². The van der Waals surface area contributed by atoms with Gasteiger partial charge in [-0.3, -0.25) is 14.4 Å². The van der Waals surface area contributed by atoms with Gasteiger partial charge in [0.25, 0.3) is 17.4 Å². The average molecular weight is 474 g/mol. The molecule has 0 bridgehead atoms. The highest BCUT2D eigenvalue weighted by Gasteiger charge is 2.28. The van der Waals surface area contributed by atoms with Crippen LogP contribution in [-0.2, 0) is 19.5 Å². The molecule has 3 heterocycles. The van der Waals surface area contributed by atoms with Gasteiger partial charge in [0.05, 0.1) is 12.7 Å². The van der Waals surface area contributed by atoms with Crippen LogP contribution in [0.4, 0.5) is 8.78 Å². The Bertz CT molecular complexity index is 1260. The van der Waals surface area contributed by atoms with Crippen LogP contribution in [0, 0.1) is 11.6 Å². The van der Waals surface area contributed by atoms with Crippen molar-refractivity contribution in [3.05, 3.63) is 85.5 Å². The van der Waals surface area contributed by atoms with Crippen molar-refractivity contribution in [3.63, 3.8) is 0 Å². The molecule has 0 radical (unpaired) electrons. The number of benzene rings is 1. The fourth-order valence-electron chi connectivity index (χ4n) is 3.86. The van der Waals surface area contributed by atoms with Gasteiger partial charge < -0.3 is 19.5 Å². The summed E-state index contributed by atoms with van der Waals surface area (Å²) in [5, 5.41) is 6.67. The third-order valence-corrected chi connectivity index (χ3v) is 6.27. The maximum atomic E-state index is 14.2. The zero-order chi connectivity index (χ0) is 23.5. The summed E-state index contributed by atoms with van der Waals surface area (Å²) in [6, 6.07) is 6.57. The lowest BCUT2D eigenvalue weighted by molar-refractivity contribution is 0.0753. The quantitative estimate of drug-likeness (QED) is 0.618. The minimum Gasteiger partial charge on any atom is -0.496 e. The highest BCUT2D eigenvalue weighted by atomic mass is 32.1. The van der Waals surface area contributed by atoms with Crippen molar-refractivity contribution in [2.75, 3.05) is 20.2 Å². The molecule has 4 rings (SSSR count). The Hall–Kier alpha value is -3.53. The zero-order valence-corrected chi connectivity index (χ0v) is 18.6. The van der Waals surface area contributed by atoms with Crippen LogP contribution in [0.5, 0.6) is 5.75 Å². The van der Waals surface area contributed by atoms with Gasteiger partial charge in [-0.1, -0.05) is 6.07 Å². The predicted molar refractivity (Wildman–Crippen MR) is 119 cm³/mol. The number of methoxy groups -OCH3 is 1. The first-order valence-corrected chi connectivity index (χ1v) is 11.2. The second-order valence-corrected chi connectivity index (χ2v) is 8.26. The Kier molecular flexibility index (Phi) is 6.55. The van der Waals surface area contributed by atoms with E-state index in [-0.39, 0.29) is 48.5 Å². The summed E-state index contributed by atoms with van der Waals surface area (Å²) in [7, 11) is 1.38. The molecule has 172 valence electrons. The Morgan fingerprint density at radius 1 is 1.18 bits per heavy atom. The molecule has 0 unspecified atom stereocenters. The summed E-state index contributed by atoms with van der Waals surface area (Å²) >= 11 is 1.52. The van der Waals surface area contributed by atoms with Crippen LogP contribution in [0.2, 0.25) is 0 Å². The van der Waals surface area contributed by atoms with Gasteiger partial charge >= 0.3 is 0 Å². The van der Waals surface area contributed by atoms with Gasteiger partial charge in [-0.05, 0) is 34.5 Å². The number of halogens is 2. The third-order valence-electron chi connectivity index (χ3n) is 5.54. The van der Waals surface area contributed by atoms with Gasteiger partial charge in [-0.2, -0.15) is 11.3 Å². The molecule has 0 saturated heterocycles. The van der Waals surface area contributed by atoms with Crippen molar-refractivity contribution in [3.8, 4) is 5.75 Å². The Balaban J connectivity index is 1.63. The van der Waals surface area contributed by atoms with E-state index < -0.39 is 23.4 Å². The number of hydrogen-bond acceptors (Lipinski definition) is 5. The SMILES string of the molecule is COc1cc(=O)n2c(c1C(=O)NCc1ccsc1)CCN(C(=O)c1cccc(F)c1F)CC2. The van der Waals surface area contributed by atoms with Crippen molar-refractivity contribution in [2.24, 2.45) is 0 Å². The number of carbonyl (C=O) groups excluding carboxylic acids is 2. The third kappa shape index (κ3) is 4.51. The number of thiophene rings is 1. The monoisotopic (exact) mass is 473 g/mol. The molecule has 0 atom stereocenters. The molecule has 0 saturated carbocycles. The second-order valence-electron chi connectivity index (χ2n) is 7.48. The second kappa shape index (κ2) is 9.53. The topological polar surface area (TPSA) is 80.6 Å². The van der Waals surface area contributed by atoms with Crippen molar-refractivity contribution < 1.29 is 23.1 Å². The number of hydrogen-bond donors (Lipinski definition) is 1. The molecule has 0 aliphatic carbocycles. The summed E-state index contributed by atoms with van der Waals surface area (Å²) < 4.78 is 34.5. The first-order valence-electron chi connectivity index (χ1n) is 10.2. The fraction of sp³-hybridized carbons (Fsp3) is 0.261. The number of ether oxygens (including phenoxy) is 1. The van der Waals surface area contributed by atoms with E-state index in [0.29, 0.717) is 12.2 Å². The van der Waals surface area contributed by atoms with Crippen LogP contribution >= 0.6 is 11.3 Å². The largest absolute Gasteiger partial charge is 0.496 e. The van der Waals surface area contributed by atoms with Crippen LogP contribution in [0.25, 0.3) is 0 Å². The van der Waals surface area contributed by atoms with E-state index in [1.165, 1.54) is 46.1 Å². The van der Waals surface area contributed by atoms with Gasteiger partial charge in [0.2, 0.25) is 0 Å². The number of nitrogens with one attached hydrogen (secondary N) is 1. The molecule has 0 spiro atoms. The van der Waals surface area contributed by atoms with E-state index in [2.05, 4.69) is 5.32 Å². The van der Waals surface area contributed by atoms with E-state index in [1.807, 2.05) is 16.8 Å². The van der Waals surface area contributed by atoms with Gasteiger partial charge in [-0.25, -0.2) is 8.78 Å². The molecule has 1 aliphatic heterocycles. The normalized spacial score (nSPS) is 13.2. The highest BCUT2D eigenvalue weighted by molar-refractivity contribution is 7.07. The molecule has 2 amide bonds. The Morgan fingerprint density at radius 2 is 2.00 bits per heavy atom. The minimum atomic E-state index is -1.21. The number of nitrogens with zero attached hydrogens (tertiary/aromatic N) is 2. The molecular weight excluding hydrogens is 452 g/mol. The van der Waals surface area contributed by atoms with Crippen LogP contribution < -0.4 is 15.6 Å². The maximum absolute atomic E-state index is 14.2. The molecule has 33 heavy (non-hydrogen) atoms. The van der Waals surface area contributed by atoms with Gasteiger partial charge in [0.1, 0.15) is 11.3 Å². The van der Waals surface area contributed by atoms with Crippen molar-refractivity contribution in [1.82, 2.24) is 14.8 Å². The number of aromatic nitrogens is 1. The molecule has 3 aromatic rings. The number of carbonyl (C=O) groups is 2. The number of pyridine rings is 1. The summed E-state index contributed by atoms with van der Waals surface area (Å²) in [4.78, 5) is 40.0. The lowest BCUT2D eigenvalue weighted by atomic mass is 10.1. The minimum absolute atomic E-state index is 0.101. The zero-order valence-electron chi connectivity index (χ0n) is 17.8. The fourth-order valence-corrected chi connectivity index (χ4v) is 4.53. The highest BCUT2D eigenvalue weighted by Crippen LogP contribution is 2.24. The Morgan fingerprint density at radius 3 is 2.73 bits per heavy atom. The van der Waals surface area contributed by atoms with E-state index in [0.717, 1.165) is 11.6 Å². The molecule has 7 nitrogen and oxygen atoms in total. The van der Waals surface area contributed by atoms with Crippen LogP contribution in [0.15, 0.2) is 45.9 Å². The summed E-state index contributed by atoms with van der Waals surface area (Å²) in [5.74, 6) is -3.26. The van der Waals surface area contributed by atoms with E-state index in [9.17, 15) is 23.2 Å². The molecule has 0 fully saturated rings. The molecule has 2 aromatic heterocycles. The number of rotatable bonds is 5. The van der Waals surface area contributed by atoms with Crippen LogP contribution in [0.1, 0.15) is 32.0 Å². The van der Waals surface area contributed by atoms with E-state index >= 15 is 0 Å². The van der Waals surface area contributed by atoms with Gasteiger partial charge in [-0.15, -0.1) is 0 Å². The summed E-state index contributed by atoms with van der Waals surface area (Å²) in [5.41, 5.74) is 0.846. The molecule has 1 N–H and O–H groups in total. The smallest absolute Gasteiger partial charge is 0.257 e. The van der Waals surface area contributed by atoms with Crippen molar-refractivity contribution in [2.45, 2.75) is 19.5 Å². The molecule has 1 aromatic carbocycles.